The van der Waals surface area contributed by atoms with Crippen LogP contribution in [0.1, 0.15) is 90.7 Å². The largest absolute Gasteiger partial charge is 0.756 e. The predicted octanol–water partition coefficient (Wildman–Crippen LogP) is -0.939. The molecule has 0 bridgehead atoms. The second-order valence-electron chi connectivity index (χ2n) is 13.3. The zero-order valence-electron chi connectivity index (χ0n) is 32.4. The van der Waals surface area contributed by atoms with Gasteiger partial charge in [0.2, 0.25) is 5.91 Å². The number of hydrogen-bond acceptors (Lipinski definition) is 19. The normalized spacial score (nSPS) is 28.5. The molecule has 12 atom stereocenters. The minimum Gasteiger partial charge on any atom is -0.756 e. The van der Waals surface area contributed by atoms with Crippen LogP contribution < -0.4 is 38.7 Å². The van der Waals surface area contributed by atoms with Crippen molar-refractivity contribution in [1.82, 2.24) is 27.2 Å². The summed E-state index contributed by atoms with van der Waals surface area (Å²) in [6.45, 7) is 0.948. The van der Waals surface area contributed by atoms with Crippen LogP contribution in [0.4, 0.5) is 0 Å². The van der Waals surface area contributed by atoms with Gasteiger partial charge < -0.3 is 71.7 Å². The van der Waals surface area contributed by atoms with Crippen molar-refractivity contribution in [2.45, 2.75) is 146 Å². The molecule has 26 heteroatoms. The zero-order chi connectivity index (χ0) is 40.9. The number of hydrogen-bond donors (Lipinski definition) is 9. The summed E-state index contributed by atoms with van der Waals surface area (Å²) in [5, 5.41) is 53.9. The Labute approximate surface area is 328 Å². The van der Waals surface area contributed by atoms with Gasteiger partial charge in [0.1, 0.15) is 36.6 Å². The maximum absolute atomic E-state index is 12.8. The van der Waals surface area contributed by atoms with Crippen molar-refractivity contribution >= 4 is 27.5 Å². The number of esters is 1. The van der Waals surface area contributed by atoms with E-state index in [9.17, 15) is 63.6 Å². The van der Waals surface area contributed by atoms with E-state index in [1.54, 1.807) is 0 Å². The first-order chi connectivity index (χ1) is 25.9. The molecule has 0 spiro atoms. The second kappa shape index (κ2) is 24.6. The van der Waals surface area contributed by atoms with E-state index in [0.717, 1.165) is 51.3 Å². The van der Waals surface area contributed by atoms with Crippen molar-refractivity contribution in [3.63, 3.8) is 0 Å². The van der Waals surface area contributed by atoms with Gasteiger partial charge in [-0.2, -0.15) is 0 Å². The van der Waals surface area contributed by atoms with Gasteiger partial charge in [-0.25, -0.2) is 9.11 Å². The Balaban J connectivity index is 0.00000812. The molecule has 332 valence electrons. The molecule has 0 aliphatic carbocycles. The van der Waals surface area contributed by atoms with Crippen LogP contribution >= 0.6 is 15.6 Å². The molecule has 24 nitrogen and oxygen atoms in total. The maximum atomic E-state index is 12.8. The maximum Gasteiger partial charge on any atom is 0.330 e. The van der Waals surface area contributed by atoms with Gasteiger partial charge in [0, 0.05) is 19.2 Å². The topological polar surface area (TPSA) is 411 Å². The number of aromatic amines is 1. The van der Waals surface area contributed by atoms with Crippen LogP contribution in [0.25, 0.3) is 0 Å². The SMILES string of the molecule is CCCCCCCCCCC[C@@H](O)CC(=O)O[C@H]1[C@H](O)[C@@H](CO)O[C@H](OP(=O)([O-])OP(=O)([O-])OC[C@H]2O[C@@H](n3ccc(=O)[nH]c3=O)[C@H](O)[C@@H]2O)[C@@H]1NC(C)=O.[NH4+].[NH4+]. The molecule has 57 heavy (non-hydrogen) atoms. The average Bonchev–Trinajstić information content (AvgIpc) is 3.37. The van der Waals surface area contributed by atoms with Crippen LogP contribution in [-0.2, 0) is 46.3 Å². The number of aliphatic hydroxyl groups excluding tert-OH is 5. The third kappa shape index (κ3) is 16.6. The molecule has 2 saturated heterocycles. The van der Waals surface area contributed by atoms with Crippen LogP contribution in [0.15, 0.2) is 21.9 Å². The number of nitrogens with zero attached hydrogens (tertiary/aromatic N) is 1. The number of amides is 1. The monoisotopic (exact) mass is 867 g/mol. The van der Waals surface area contributed by atoms with Gasteiger partial charge >= 0.3 is 11.7 Å². The van der Waals surface area contributed by atoms with Crippen molar-refractivity contribution in [3.05, 3.63) is 33.1 Å². The number of rotatable bonds is 23. The van der Waals surface area contributed by atoms with Crippen molar-refractivity contribution in [2.75, 3.05) is 13.2 Å². The van der Waals surface area contributed by atoms with Gasteiger partial charge in [0.15, 0.2) is 18.6 Å². The Morgan fingerprint density at radius 2 is 1.56 bits per heavy atom. The van der Waals surface area contributed by atoms with Gasteiger partial charge in [0.05, 0.1) is 25.7 Å². The standard InChI is InChI=1S/C31H53N3O19P2.2H3N/c1-3-4-5-6-7-8-9-10-11-12-19(37)15-23(39)51-28-24(32-18(2)36)30(50-20(16-35)26(28)41)52-55(46,47)53-54(44,45)48-17-21-25(40)27(42)29(49-21)34-14-13-22(38)33-31(34)43;;/h13-14,19-21,24-30,35,37,40-42H,3-12,15-17H2,1-2H3,(H,32,36)(H,44,45)(H,46,47)(H,33,38,43);2*1H3/t19-,20-,21-,24-,25-,26-,27-,28-,29-,30-;;/m1../s1. The lowest BCUT2D eigenvalue weighted by Gasteiger charge is -2.45. The molecular weight excluding hydrogens is 808 g/mol. The number of nitrogens with one attached hydrogen (secondary N) is 2. The summed E-state index contributed by atoms with van der Waals surface area (Å²) in [7, 11) is -12.0. The van der Waals surface area contributed by atoms with E-state index in [1.165, 1.54) is 19.3 Å². The molecular formula is C31H59N5O19P2. The molecule has 0 aromatic carbocycles. The molecule has 15 N–H and O–H groups in total. The summed E-state index contributed by atoms with van der Waals surface area (Å²) in [5.74, 6) is -1.93. The highest BCUT2D eigenvalue weighted by molar-refractivity contribution is 7.59. The van der Waals surface area contributed by atoms with E-state index in [1.807, 2.05) is 4.98 Å². The lowest BCUT2D eigenvalue weighted by atomic mass is 9.96. The third-order valence-electron chi connectivity index (χ3n) is 8.83. The number of phosphoric acid groups is 2. The number of carbonyl (C=O) groups is 2. The number of quaternary nitrogens is 2. The number of phosphoric ester groups is 2. The molecule has 0 radical (unpaired) electrons. The van der Waals surface area contributed by atoms with Crippen molar-refractivity contribution in [3.8, 4) is 0 Å². The number of ether oxygens (including phenoxy) is 3. The zero-order valence-corrected chi connectivity index (χ0v) is 34.2. The van der Waals surface area contributed by atoms with Gasteiger partial charge in [-0.3, -0.25) is 37.6 Å². The summed E-state index contributed by atoms with van der Waals surface area (Å²) in [6, 6.07) is -0.936. The fourth-order valence-corrected chi connectivity index (χ4v) is 8.14. The van der Waals surface area contributed by atoms with Gasteiger partial charge in [-0.1, -0.05) is 64.7 Å². The van der Waals surface area contributed by atoms with Crippen molar-refractivity contribution in [2.24, 2.45) is 0 Å². The molecule has 1 aromatic heterocycles. The van der Waals surface area contributed by atoms with Crippen LogP contribution in [0.5, 0.6) is 0 Å². The van der Waals surface area contributed by atoms with E-state index in [-0.39, 0.29) is 18.7 Å². The summed E-state index contributed by atoms with van der Waals surface area (Å²) in [5.41, 5.74) is -1.82. The second-order valence-corrected chi connectivity index (χ2v) is 16.2. The molecule has 1 aromatic rings. The Bertz CT molecular complexity index is 1600. The lowest BCUT2D eigenvalue weighted by Crippen LogP contribution is -2.65. The van der Waals surface area contributed by atoms with E-state index in [4.69, 9.17) is 18.7 Å². The smallest absolute Gasteiger partial charge is 0.330 e. The Morgan fingerprint density at radius 1 is 0.947 bits per heavy atom. The molecule has 2 aliphatic rings. The number of carbonyl (C=O) groups excluding carboxylic acids is 2. The minimum absolute atomic E-state index is 0. The average molecular weight is 868 g/mol. The third-order valence-corrected chi connectivity index (χ3v) is 11.4. The number of aromatic nitrogens is 2. The van der Waals surface area contributed by atoms with Crippen molar-refractivity contribution < 1.29 is 81.6 Å². The first-order valence-corrected chi connectivity index (χ1v) is 20.9. The van der Waals surface area contributed by atoms with E-state index >= 15 is 0 Å². The van der Waals surface area contributed by atoms with Crippen LogP contribution in [0.2, 0.25) is 0 Å². The van der Waals surface area contributed by atoms with Crippen LogP contribution in [0, 0.1) is 0 Å². The summed E-state index contributed by atoms with van der Waals surface area (Å²) < 4.78 is 55.3. The van der Waals surface area contributed by atoms with E-state index < -0.39 is 120 Å². The van der Waals surface area contributed by atoms with Gasteiger partial charge in [-0.15, -0.1) is 0 Å². The Hall–Kier alpha value is -2.48. The highest BCUT2D eigenvalue weighted by Crippen LogP contribution is 2.57. The minimum atomic E-state index is -6.09. The van der Waals surface area contributed by atoms with Gasteiger partial charge in [-0.05, 0) is 6.42 Å². The van der Waals surface area contributed by atoms with Crippen LogP contribution in [0.3, 0.4) is 0 Å². The summed E-state index contributed by atoms with van der Waals surface area (Å²) >= 11 is 0. The van der Waals surface area contributed by atoms with Gasteiger partial charge in [0.25, 0.3) is 21.2 Å². The molecule has 2 fully saturated rings. The molecule has 2 unspecified atom stereocenters. The molecule has 0 saturated carbocycles. The quantitative estimate of drug-likeness (QED) is 0.0364. The fourth-order valence-electron chi connectivity index (χ4n) is 6.05. The Morgan fingerprint density at radius 3 is 2.14 bits per heavy atom. The number of aliphatic hydroxyl groups is 5. The molecule has 1 amide bonds. The highest BCUT2D eigenvalue weighted by atomic mass is 31.3. The first-order valence-electron chi connectivity index (χ1n) is 18.0. The van der Waals surface area contributed by atoms with E-state index in [0.29, 0.717) is 11.0 Å². The Kier molecular flexibility index (Phi) is 22.6. The first kappa shape index (κ1) is 52.5. The van der Waals surface area contributed by atoms with Crippen LogP contribution in [-0.4, -0.2) is 115 Å². The highest BCUT2D eigenvalue weighted by Gasteiger charge is 2.50. The predicted molar refractivity (Wildman–Crippen MR) is 194 cm³/mol. The van der Waals surface area contributed by atoms with Crippen molar-refractivity contribution in [1.29, 1.82) is 0 Å². The number of unbranched alkanes of at least 4 members (excludes halogenated alkanes) is 8. The summed E-state index contributed by atoms with van der Waals surface area (Å²) in [4.78, 5) is 75.6. The number of H-pyrrole nitrogens is 1. The summed E-state index contributed by atoms with van der Waals surface area (Å²) in [6.07, 6.45) is -5.89. The van der Waals surface area contributed by atoms with E-state index in [2.05, 4.69) is 21.1 Å². The molecule has 3 rings (SSSR count). The molecule has 3 heterocycles. The fraction of sp³-hybridized carbons (Fsp3) is 0.806. The molecule has 2 aliphatic heterocycles. The lowest BCUT2D eigenvalue weighted by molar-refractivity contribution is -0.286.